The van der Waals surface area contributed by atoms with Crippen molar-refractivity contribution in [3.8, 4) is 0 Å². The lowest BCUT2D eigenvalue weighted by molar-refractivity contribution is 0.511. The molecule has 0 N–H and O–H groups in total. The number of hydrogen-bond acceptors (Lipinski definition) is 2. The zero-order valence-electron chi connectivity index (χ0n) is 10.6. The second kappa shape index (κ2) is 4.86. The molecule has 2 aromatic heterocycles. The molecule has 4 nitrogen and oxygen atoms in total. The topological polar surface area (TPSA) is 35.6 Å². The smallest absolute Gasteiger partial charge is 0.184 e. The fraction of sp³-hybridized carbons (Fsp3) is 0.231. The second-order valence-electron chi connectivity index (χ2n) is 4.42. The molecule has 104 valence electrons. The third kappa shape index (κ3) is 1.96. The Kier molecular flexibility index (Phi) is 3.17. The Balaban J connectivity index is 2.22. The van der Waals surface area contributed by atoms with Gasteiger partial charge >= 0.3 is 0 Å². The SMILES string of the molecule is Cn1nccc1Cn1c(CCl)nc2ccc(F)c(F)c21. The van der Waals surface area contributed by atoms with E-state index in [0.29, 0.717) is 17.9 Å². The first-order chi connectivity index (χ1) is 9.61. The molecule has 3 aromatic rings. The van der Waals surface area contributed by atoms with Crippen LogP contribution in [-0.4, -0.2) is 19.3 Å². The number of aryl methyl sites for hydroxylation is 1. The Hall–Kier alpha value is -1.95. The van der Waals surface area contributed by atoms with Gasteiger partial charge in [-0.15, -0.1) is 11.6 Å². The van der Waals surface area contributed by atoms with Crippen molar-refractivity contribution in [3.63, 3.8) is 0 Å². The second-order valence-corrected chi connectivity index (χ2v) is 4.69. The van der Waals surface area contributed by atoms with E-state index in [0.717, 1.165) is 11.8 Å². The highest BCUT2D eigenvalue weighted by Gasteiger charge is 2.17. The normalized spacial score (nSPS) is 11.4. The van der Waals surface area contributed by atoms with Crippen LogP contribution in [-0.2, 0) is 19.5 Å². The largest absolute Gasteiger partial charge is 0.318 e. The first-order valence-electron chi connectivity index (χ1n) is 5.97. The average molecular weight is 297 g/mol. The van der Waals surface area contributed by atoms with Gasteiger partial charge in [-0.1, -0.05) is 0 Å². The zero-order chi connectivity index (χ0) is 14.3. The van der Waals surface area contributed by atoms with Crippen molar-refractivity contribution in [1.29, 1.82) is 0 Å². The minimum atomic E-state index is -0.909. The Labute approximate surface area is 118 Å². The van der Waals surface area contributed by atoms with Crippen molar-refractivity contribution < 1.29 is 8.78 Å². The van der Waals surface area contributed by atoms with E-state index in [-0.39, 0.29) is 11.4 Å². The van der Waals surface area contributed by atoms with E-state index in [2.05, 4.69) is 10.1 Å². The standard InChI is InChI=1S/C13H11ClF2N4/c1-19-8(4-5-17-19)7-20-11(6-14)18-10-3-2-9(15)12(16)13(10)20/h2-5H,6-7H2,1H3. The van der Waals surface area contributed by atoms with Crippen LogP contribution in [0.2, 0.25) is 0 Å². The van der Waals surface area contributed by atoms with Crippen molar-refractivity contribution in [2.45, 2.75) is 12.4 Å². The number of hydrogen-bond donors (Lipinski definition) is 0. The molecule has 1 aromatic carbocycles. The minimum absolute atomic E-state index is 0.119. The van der Waals surface area contributed by atoms with Gasteiger partial charge in [0.25, 0.3) is 0 Å². The van der Waals surface area contributed by atoms with Gasteiger partial charge < -0.3 is 4.57 Å². The summed E-state index contributed by atoms with van der Waals surface area (Å²) in [7, 11) is 1.78. The molecule has 3 rings (SSSR count). The molecule has 2 heterocycles. The van der Waals surface area contributed by atoms with E-state index in [1.165, 1.54) is 6.07 Å². The van der Waals surface area contributed by atoms with E-state index in [1.807, 2.05) is 0 Å². The monoisotopic (exact) mass is 296 g/mol. The maximum Gasteiger partial charge on any atom is 0.184 e. The third-order valence-electron chi connectivity index (χ3n) is 3.24. The van der Waals surface area contributed by atoms with Crippen LogP contribution in [0.15, 0.2) is 24.4 Å². The maximum absolute atomic E-state index is 14.0. The highest BCUT2D eigenvalue weighted by atomic mass is 35.5. The Morgan fingerprint density at radius 1 is 1.25 bits per heavy atom. The molecule has 0 amide bonds. The maximum atomic E-state index is 14.0. The molecule has 0 spiro atoms. The Morgan fingerprint density at radius 2 is 2.05 bits per heavy atom. The number of halogens is 3. The Bertz CT molecular complexity index is 778. The van der Waals surface area contributed by atoms with Crippen LogP contribution >= 0.6 is 11.6 Å². The number of benzene rings is 1. The molecular formula is C13H11ClF2N4. The van der Waals surface area contributed by atoms with Crippen LogP contribution in [0.4, 0.5) is 8.78 Å². The lowest BCUT2D eigenvalue weighted by Crippen LogP contribution is -2.09. The first-order valence-corrected chi connectivity index (χ1v) is 6.51. The van der Waals surface area contributed by atoms with Crippen LogP contribution in [0.1, 0.15) is 11.5 Å². The summed E-state index contributed by atoms with van der Waals surface area (Å²) in [4.78, 5) is 4.24. The molecule has 0 aliphatic heterocycles. The van der Waals surface area contributed by atoms with Gasteiger partial charge in [-0.3, -0.25) is 4.68 Å². The van der Waals surface area contributed by atoms with Crippen LogP contribution in [0, 0.1) is 11.6 Å². The van der Waals surface area contributed by atoms with E-state index < -0.39 is 11.6 Å². The van der Waals surface area contributed by atoms with E-state index >= 15 is 0 Å². The third-order valence-corrected chi connectivity index (χ3v) is 3.48. The van der Waals surface area contributed by atoms with Gasteiger partial charge in [0, 0.05) is 13.2 Å². The van der Waals surface area contributed by atoms with Gasteiger partial charge in [-0.25, -0.2) is 13.8 Å². The first kappa shape index (κ1) is 13.1. The van der Waals surface area contributed by atoms with Gasteiger partial charge in [0.1, 0.15) is 11.3 Å². The van der Waals surface area contributed by atoms with Crippen molar-refractivity contribution >= 4 is 22.6 Å². The van der Waals surface area contributed by atoms with Crippen LogP contribution in [0.3, 0.4) is 0 Å². The molecule has 0 radical (unpaired) electrons. The molecule has 0 unspecified atom stereocenters. The number of imidazole rings is 1. The highest BCUT2D eigenvalue weighted by Crippen LogP contribution is 2.23. The lowest BCUT2D eigenvalue weighted by Gasteiger charge is -2.08. The van der Waals surface area contributed by atoms with Crippen LogP contribution in [0.5, 0.6) is 0 Å². The number of alkyl halides is 1. The molecular weight excluding hydrogens is 286 g/mol. The molecule has 7 heteroatoms. The zero-order valence-corrected chi connectivity index (χ0v) is 11.4. The van der Waals surface area contributed by atoms with Gasteiger partial charge in [-0.05, 0) is 18.2 Å². The lowest BCUT2D eigenvalue weighted by atomic mass is 10.3. The Morgan fingerprint density at radius 3 is 2.70 bits per heavy atom. The van der Waals surface area contributed by atoms with E-state index in [9.17, 15) is 8.78 Å². The molecule has 0 bridgehead atoms. The molecule has 0 aliphatic carbocycles. The van der Waals surface area contributed by atoms with Crippen molar-refractivity contribution in [2.24, 2.45) is 7.05 Å². The summed E-state index contributed by atoms with van der Waals surface area (Å²) in [6.07, 6.45) is 1.64. The predicted octanol–water partition coefficient (Wildman–Crippen LogP) is 2.84. The molecule has 0 saturated carbocycles. The quantitative estimate of drug-likeness (QED) is 0.697. The summed E-state index contributed by atoms with van der Waals surface area (Å²) < 4.78 is 30.7. The van der Waals surface area contributed by atoms with Gasteiger partial charge in [0.2, 0.25) is 0 Å². The minimum Gasteiger partial charge on any atom is -0.318 e. The predicted molar refractivity (Wildman–Crippen MR) is 71.5 cm³/mol. The van der Waals surface area contributed by atoms with Gasteiger partial charge in [-0.2, -0.15) is 5.10 Å². The molecule has 0 aliphatic rings. The molecule has 0 fully saturated rings. The van der Waals surface area contributed by atoms with Gasteiger partial charge in [0.05, 0.1) is 23.6 Å². The summed E-state index contributed by atoms with van der Waals surface area (Å²) in [5, 5.41) is 4.05. The summed E-state index contributed by atoms with van der Waals surface area (Å²) in [5.74, 6) is -1.20. The molecule has 0 atom stereocenters. The average Bonchev–Trinajstić information content (AvgIpc) is 2.99. The number of fused-ring (bicyclic) bond motifs is 1. The summed E-state index contributed by atoms with van der Waals surface area (Å²) in [6, 6.07) is 4.32. The number of aromatic nitrogens is 4. The van der Waals surface area contributed by atoms with Crippen molar-refractivity contribution in [3.05, 3.63) is 47.5 Å². The highest BCUT2D eigenvalue weighted by molar-refractivity contribution is 6.16. The summed E-state index contributed by atoms with van der Waals surface area (Å²) in [6.45, 7) is 0.329. The van der Waals surface area contributed by atoms with Gasteiger partial charge in [0.15, 0.2) is 11.6 Å². The summed E-state index contributed by atoms with van der Waals surface area (Å²) in [5.41, 5.74) is 1.36. The fourth-order valence-electron chi connectivity index (χ4n) is 2.20. The van der Waals surface area contributed by atoms with Crippen LogP contribution < -0.4 is 0 Å². The molecule has 0 saturated heterocycles. The van der Waals surface area contributed by atoms with E-state index in [1.54, 1.807) is 28.6 Å². The number of nitrogens with zero attached hydrogens (tertiary/aromatic N) is 4. The molecule has 20 heavy (non-hydrogen) atoms. The van der Waals surface area contributed by atoms with Crippen molar-refractivity contribution in [1.82, 2.24) is 19.3 Å². The van der Waals surface area contributed by atoms with Crippen molar-refractivity contribution in [2.75, 3.05) is 0 Å². The van der Waals surface area contributed by atoms with Crippen LogP contribution in [0.25, 0.3) is 11.0 Å². The number of rotatable bonds is 3. The fourth-order valence-corrected chi connectivity index (χ4v) is 2.40. The summed E-state index contributed by atoms with van der Waals surface area (Å²) >= 11 is 5.85. The van der Waals surface area contributed by atoms with E-state index in [4.69, 9.17) is 11.6 Å².